The summed E-state index contributed by atoms with van der Waals surface area (Å²) in [5.74, 6) is -0.807. The molecule has 2 fully saturated rings. The van der Waals surface area contributed by atoms with E-state index in [0.29, 0.717) is 16.7 Å². The summed E-state index contributed by atoms with van der Waals surface area (Å²) in [4.78, 5) is 39.1. The molecular weight excluding hydrogens is 346 g/mol. The first kappa shape index (κ1) is 17.8. The molecule has 1 aliphatic heterocycles. The van der Waals surface area contributed by atoms with Gasteiger partial charge in [0, 0.05) is 24.7 Å². The highest BCUT2D eigenvalue weighted by atomic mass is 16.4. The van der Waals surface area contributed by atoms with E-state index in [-0.39, 0.29) is 24.4 Å². The summed E-state index contributed by atoms with van der Waals surface area (Å²) in [5.41, 5.74) is 1.40. The minimum Gasteiger partial charge on any atom is -0.408 e. The Morgan fingerprint density at radius 1 is 1.07 bits per heavy atom. The molecule has 2 aliphatic rings. The molecule has 0 spiro atoms. The Bertz CT molecular complexity index is 902. The van der Waals surface area contributed by atoms with E-state index in [0.717, 1.165) is 51.6 Å². The Morgan fingerprint density at radius 2 is 1.81 bits per heavy atom. The highest BCUT2D eigenvalue weighted by Crippen LogP contribution is 2.20. The zero-order valence-corrected chi connectivity index (χ0v) is 15.4. The number of nitrogens with zero attached hydrogens (tertiary/aromatic N) is 2. The molecule has 1 saturated heterocycles. The van der Waals surface area contributed by atoms with Gasteiger partial charge in [-0.25, -0.2) is 4.79 Å². The van der Waals surface area contributed by atoms with Crippen molar-refractivity contribution in [3.8, 4) is 0 Å². The van der Waals surface area contributed by atoms with Gasteiger partial charge < -0.3 is 14.6 Å². The number of likely N-dealkylation sites (tertiary alicyclic amines) is 1. The molecule has 4 rings (SSSR count). The van der Waals surface area contributed by atoms with Gasteiger partial charge in [-0.3, -0.25) is 14.2 Å². The number of aromatic nitrogens is 1. The second-order valence-corrected chi connectivity index (χ2v) is 7.54. The van der Waals surface area contributed by atoms with Crippen LogP contribution in [0.4, 0.5) is 0 Å². The predicted molar refractivity (Wildman–Crippen MR) is 101 cm³/mol. The van der Waals surface area contributed by atoms with Crippen molar-refractivity contribution in [1.82, 2.24) is 14.8 Å². The first-order valence-electron chi connectivity index (χ1n) is 9.84. The molecule has 0 radical (unpaired) electrons. The third-order valence-electron chi connectivity index (χ3n) is 5.58. The van der Waals surface area contributed by atoms with Crippen LogP contribution in [0.5, 0.6) is 0 Å². The molecule has 7 nitrogen and oxygen atoms in total. The van der Waals surface area contributed by atoms with Crippen LogP contribution in [0.1, 0.15) is 55.3 Å². The summed E-state index contributed by atoms with van der Waals surface area (Å²) in [6, 6.07) is 5.16. The van der Waals surface area contributed by atoms with Crippen LogP contribution in [0.25, 0.3) is 11.1 Å². The largest absolute Gasteiger partial charge is 0.420 e. The molecule has 1 aromatic carbocycles. The number of carbonyl (C=O) groups is 2. The van der Waals surface area contributed by atoms with Crippen molar-refractivity contribution in [2.45, 2.75) is 57.5 Å². The van der Waals surface area contributed by atoms with Crippen LogP contribution in [-0.2, 0) is 11.3 Å². The van der Waals surface area contributed by atoms with Gasteiger partial charge in [0.1, 0.15) is 6.54 Å². The second kappa shape index (κ2) is 7.58. The Morgan fingerprint density at radius 3 is 2.56 bits per heavy atom. The molecule has 0 bridgehead atoms. The average molecular weight is 371 g/mol. The summed E-state index contributed by atoms with van der Waals surface area (Å²) in [7, 11) is 0. The Labute approximate surface area is 157 Å². The number of hydrogen-bond acceptors (Lipinski definition) is 4. The van der Waals surface area contributed by atoms with Crippen molar-refractivity contribution in [3.63, 3.8) is 0 Å². The topological polar surface area (TPSA) is 84.5 Å². The lowest BCUT2D eigenvalue weighted by atomic mass is 9.95. The molecule has 2 heterocycles. The number of nitrogens with one attached hydrogen (secondary N) is 1. The van der Waals surface area contributed by atoms with Gasteiger partial charge in [0.05, 0.1) is 5.52 Å². The third-order valence-corrected chi connectivity index (χ3v) is 5.58. The second-order valence-electron chi connectivity index (χ2n) is 7.54. The molecule has 1 aliphatic carbocycles. The van der Waals surface area contributed by atoms with E-state index >= 15 is 0 Å². The molecule has 27 heavy (non-hydrogen) atoms. The third kappa shape index (κ3) is 3.77. The quantitative estimate of drug-likeness (QED) is 0.894. The van der Waals surface area contributed by atoms with Crippen LogP contribution in [-0.4, -0.2) is 40.4 Å². The standard InChI is InChI=1S/C20H25N3O4/c24-18(21-15-6-2-1-3-7-15)13-23-16-12-14(8-9-17(16)27-20(23)26)19(25)22-10-4-5-11-22/h8-9,12,15H,1-7,10-11,13H2,(H,21,24). The van der Waals surface area contributed by atoms with Crippen molar-refractivity contribution in [2.24, 2.45) is 0 Å². The van der Waals surface area contributed by atoms with Crippen molar-refractivity contribution in [2.75, 3.05) is 13.1 Å². The van der Waals surface area contributed by atoms with Gasteiger partial charge in [-0.2, -0.15) is 0 Å². The highest BCUT2D eigenvalue weighted by molar-refractivity contribution is 5.97. The van der Waals surface area contributed by atoms with Gasteiger partial charge in [-0.1, -0.05) is 19.3 Å². The van der Waals surface area contributed by atoms with Gasteiger partial charge in [0.25, 0.3) is 5.91 Å². The number of fused-ring (bicyclic) bond motifs is 1. The first-order valence-corrected chi connectivity index (χ1v) is 9.84. The number of carbonyl (C=O) groups excluding carboxylic acids is 2. The van der Waals surface area contributed by atoms with Gasteiger partial charge in [-0.15, -0.1) is 0 Å². The van der Waals surface area contributed by atoms with E-state index in [1.165, 1.54) is 11.0 Å². The van der Waals surface area contributed by atoms with E-state index in [4.69, 9.17) is 4.42 Å². The number of oxazole rings is 1. The molecule has 1 N–H and O–H groups in total. The van der Waals surface area contributed by atoms with Gasteiger partial charge in [-0.05, 0) is 43.9 Å². The fourth-order valence-electron chi connectivity index (χ4n) is 4.11. The Hall–Kier alpha value is -2.57. The SMILES string of the molecule is O=C(Cn1c(=O)oc2ccc(C(=O)N3CCCC3)cc21)NC1CCCCC1. The lowest BCUT2D eigenvalue weighted by Gasteiger charge is -2.22. The smallest absolute Gasteiger partial charge is 0.408 e. The molecule has 2 aromatic rings. The van der Waals surface area contributed by atoms with Crippen LogP contribution in [0.15, 0.2) is 27.4 Å². The van der Waals surface area contributed by atoms with Crippen molar-refractivity contribution < 1.29 is 14.0 Å². The van der Waals surface area contributed by atoms with Crippen LogP contribution < -0.4 is 11.1 Å². The molecule has 1 aromatic heterocycles. The van der Waals surface area contributed by atoms with Crippen LogP contribution >= 0.6 is 0 Å². The van der Waals surface area contributed by atoms with E-state index in [9.17, 15) is 14.4 Å². The van der Waals surface area contributed by atoms with E-state index < -0.39 is 5.76 Å². The molecule has 1 saturated carbocycles. The Balaban J connectivity index is 1.55. The highest BCUT2D eigenvalue weighted by Gasteiger charge is 2.22. The molecule has 0 atom stereocenters. The van der Waals surface area contributed by atoms with Gasteiger partial charge >= 0.3 is 5.76 Å². The summed E-state index contributed by atoms with van der Waals surface area (Å²) in [6.07, 6.45) is 7.48. The van der Waals surface area contributed by atoms with Crippen LogP contribution in [0.3, 0.4) is 0 Å². The normalized spacial score (nSPS) is 18.1. The summed E-state index contributed by atoms with van der Waals surface area (Å²) < 4.78 is 6.57. The van der Waals surface area contributed by atoms with E-state index in [1.807, 2.05) is 4.90 Å². The summed E-state index contributed by atoms with van der Waals surface area (Å²) in [6.45, 7) is 1.43. The van der Waals surface area contributed by atoms with Crippen molar-refractivity contribution in [1.29, 1.82) is 0 Å². The van der Waals surface area contributed by atoms with Crippen LogP contribution in [0.2, 0.25) is 0 Å². The predicted octanol–water partition coefficient (Wildman–Crippen LogP) is 2.28. The number of amides is 2. The first-order chi connectivity index (χ1) is 13.1. The number of benzene rings is 1. The van der Waals surface area contributed by atoms with E-state index in [1.54, 1.807) is 18.2 Å². The fraction of sp³-hybridized carbons (Fsp3) is 0.550. The number of rotatable bonds is 4. The minimum absolute atomic E-state index is 0.0405. The Kier molecular flexibility index (Phi) is 5.01. The summed E-state index contributed by atoms with van der Waals surface area (Å²) >= 11 is 0. The van der Waals surface area contributed by atoms with Gasteiger partial charge in [0.2, 0.25) is 5.91 Å². The average Bonchev–Trinajstić information content (AvgIpc) is 3.30. The lowest BCUT2D eigenvalue weighted by Crippen LogP contribution is -2.39. The zero-order chi connectivity index (χ0) is 18.8. The molecule has 0 unspecified atom stereocenters. The maximum atomic E-state index is 12.6. The lowest BCUT2D eigenvalue weighted by molar-refractivity contribution is -0.122. The maximum absolute atomic E-state index is 12.6. The molecule has 144 valence electrons. The minimum atomic E-state index is -0.574. The maximum Gasteiger partial charge on any atom is 0.420 e. The zero-order valence-electron chi connectivity index (χ0n) is 15.4. The monoisotopic (exact) mass is 371 g/mol. The van der Waals surface area contributed by atoms with Gasteiger partial charge in [0.15, 0.2) is 5.58 Å². The van der Waals surface area contributed by atoms with E-state index in [2.05, 4.69) is 5.32 Å². The molecule has 7 heteroatoms. The molecule has 2 amide bonds. The van der Waals surface area contributed by atoms with Crippen LogP contribution in [0, 0.1) is 0 Å². The van der Waals surface area contributed by atoms with Crippen molar-refractivity contribution in [3.05, 3.63) is 34.3 Å². The number of hydrogen-bond donors (Lipinski definition) is 1. The van der Waals surface area contributed by atoms with Crippen molar-refractivity contribution >= 4 is 22.9 Å². The summed E-state index contributed by atoms with van der Waals surface area (Å²) in [5, 5.41) is 3.02. The fourth-order valence-corrected chi connectivity index (χ4v) is 4.11. The molecular formula is C20H25N3O4.